The van der Waals surface area contributed by atoms with E-state index in [0.717, 1.165) is 18.9 Å². The van der Waals surface area contributed by atoms with Crippen molar-refractivity contribution in [3.05, 3.63) is 0 Å². The predicted octanol–water partition coefficient (Wildman–Crippen LogP) is 2.48. The smallest absolute Gasteiger partial charge is 0.0169 e. The SMILES string of the molecule is CN(C)C(C1CCCC1)C(C)(C)CCN. The molecule has 90 valence electrons. The fourth-order valence-electron chi connectivity index (χ4n) is 3.55. The summed E-state index contributed by atoms with van der Waals surface area (Å²) in [5, 5.41) is 0. The van der Waals surface area contributed by atoms with Crippen LogP contribution in [-0.2, 0) is 0 Å². The van der Waals surface area contributed by atoms with Gasteiger partial charge in [-0.05, 0) is 51.2 Å². The topological polar surface area (TPSA) is 29.3 Å². The highest BCUT2D eigenvalue weighted by Gasteiger charge is 2.37. The van der Waals surface area contributed by atoms with Gasteiger partial charge in [0.05, 0.1) is 0 Å². The van der Waals surface area contributed by atoms with E-state index >= 15 is 0 Å². The first-order valence-electron chi connectivity index (χ1n) is 6.35. The van der Waals surface area contributed by atoms with Crippen LogP contribution in [0.2, 0.25) is 0 Å². The Morgan fingerprint density at radius 2 is 1.80 bits per heavy atom. The third kappa shape index (κ3) is 3.18. The largest absolute Gasteiger partial charge is 0.330 e. The molecule has 0 bridgehead atoms. The van der Waals surface area contributed by atoms with Crippen LogP contribution >= 0.6 is 0 Å². The highest BCUT2D eigenvalue weighted by atomic mass is 15.1. The quantitative estimate of drug-likeness (QED) is 0.758. The van der Waals surface area contributed by atoms with Gasteiger partial charge in [0.15, 0.2) is 0 Å². The predicted molar refractivity (Wildman–Crippen MR) is 66.9 cm³/mol. The third-order valence-electron chi connectivity index (χ3n) is 3.99. The summed E-state index contributed by atoms with van der Waals surface area (Å²) in [5.74, 6) is 0.890. The fraction of sp³-hybridized carbons (Fsp3) is 1.00. The molecule has 2 nitrogen and oxygen atoms in total. The second kappa shape index (κ2) is 5.31. The van der Waals surface area contributed by atoms with Crippen LogP contribution in [0, 0.1) is 11.3 Å². The molecule has 1 atom stereocenters. The molecule has 0 saturated heterocycles. The van der Waals surface area contributed by atoms with Crippen LogP contribution in [0.5, 0.6) is 0 Å². The Labute approximate surface area is 95.2 Å². The normalized spacial score (nSPS) is 21.2. The van der Waals surface area contributed by atoms with Gasteiger partial charge in [-0.1, -0.05) is 26.7 Å². The van der Waals surface area contributed by atoms with E-state index in [-0.39, 0.29) is 0 Å². The Morgan fingerprint density at radius 3 is 2.20 bits per heavy atom. The summed E-state index contributed by atoms with van der Waals surface area (Å²) < 4.78 is 0. The molecule has 0 aromatic heterocycles. The van der Waals surface area contributed by atoms with Gasteiger partial charge in [-0.2, -0.15) is 0 Å². The van der Waals surface area contributed by atoms with Crippen LogP contribution in [0.1, 0.15) is 46.0 Å². The summed E-state index contributed by atoms with van der Waals surface area (Å²) in [6.45, 7) is 5.57. The average molecular weight is 212 g/mol. The lowest BCUT2D eigenvalue weighted by Gasteiger charge is -2.42. The van der Waals surface area contributed by atoms with Gasteiger partial charge in [0.25, 0.3) is 0 Å². The Hall–Kier alpha value is -0.0800. The van der Waals surface area contributed by atoms with Crippen LogP contribution in [-0.4, -0.2) is 31.6 Å². The molecule has 1 rings (SSSR count). The van der Waals surface area contributed by atoms with Crippen molar-refractivity contribution < 1.29 is 0 Å². The number of hydrogen-bond acceptors (Lipinski definition) is 2. The summed E-state index contributed by atoms with van der Waals surface area (Å²) in [6.07, 6.45) is 6.81. The van der Waals surface area contributed by atoms with Crippen LogP contribution in [0.15, 0.2) is 0 Å². The number of hydrogen-bond donors (Lipinski definition) is 1. The van der Waals surface area contributed by atoms with Crippen LogP contribution < -0.4 is 5.73 Å². The van der Waals surface area contributed by atoms with Gasteiger partial charge in [-0.25, -0.2) is 0 Å². The van der Waals surface area contributed by atoms with Crippen molar-refractivity contribution >= 4 is 0 Å². The molecule has 15 heavy (non-hydrogen) atoms. The fourth-order valence-corrected chi connectivity index (χ4v) is 3.55. The molecule has 0 radical (unpaired) electrons. The Bertz CT molecular complexity index is 181. The Balaban J connectivity index is 2.71. The van der Waals surface area contributed by atoms with Crippen molar-refractivity contribution in [2.24, 2.45) is 17.1 Å². The summed E-state index contributed by atoms with van der Waals surface area (Å²) in [6, 6.07) is 0.698. The standard InChI is InChI=1S/C13H28N2/c1-13(2,9-10-14)12(15(3)4)11-7-5-6-8-11/h11-12H,5-10,14H2,1-4H3. The Kier molecular flexibility index (Phi) is 4.60. The molecule has 0 aromatic rings. The maximum absolute atomic E-state index is 5.73. The molecule has 0 amide bonds. The van der Waals surface area contributed by atoms with E-state index in [4.69, 9.17) is 5.73 Å². The molecule has 2 heteroatoms. The monoisotopic (exact) mass is 212 g/mol. The van der Waals surface area contributed by atoms with Gasteiger partial charge < -0.3 is 10.6 Å². The summed E-state index contributed by atoms with van der Waals surface area (Å²) in [7, 11) is 4.45. The highest BCUT2D eigenvalue weighted by molar-refractivity contribution is 4.91. The molecule has 2 N–H and O–H groups in total. The molecule has 0 spiro atoms. The molecule has 0 aromatic carbocycles. The first-order valence-corrected chi connectivity index (χ1v) is 6.35. The van der Waals surface area contributed by atoms with E-state index in [2.05, 4.69) is 32.8 Å². The lowest BCUT2D eigenvalue weighted by molar-refractivity contribution is 0.0759. The molecule has 0 heterocycles. The maximum Gasteiger partial charge on any atom is 0.0169 e. The van der Waals surface area contributed by atoms with E-state index in [9.17, 15) is 0 Å². The van der Waals surface area contributed by atoms with Gasteiger partial charge in [-0.15, -0.1) is 0 Å². The van der Waals surface area contributed by atoms with Crippen molar-refractivity contribution in [1.82, 2.24) is 4.90 Å². The highest BCUT2D eigenvalue weighted by Crippen LogP contribution is 2.39. The van der Waals surface area contributed by atoms with Gasteiger partial charge >= 0.3 is 0 Å². The van der Waals surface area contributed by atoms with E-state index in [1.54, 1.807) is 0 Å². The minimum Gasteiger partial charge on any atom is -0.330 e. The molecule has 1 aliphatic rings. The average Bonchev–Trinajstić information content (AvgIpc) is 2.55. The van der Waals surface area contributed by atoms with Crippen LogP contribution in [0.3, 0.4) is 0 Å². The first kappa shape index (κ1) is 13.0. The first-order chi connectivity index (χ1) is 6.99. The molecule has 1 aliphatic carbocycles. The lowest BCUT2D eigenvalue weighted by Crippen LogP contribution is -2.46. The lowest BCUT2D eigenvalue weighted by atomic mass is 9.74. The van der Waals surface area contributed by atoms with E-state index < -0.39 is 0 Å². The summed E-state index contributed by atoms with van der Waals surface area (Å²) in [5.41, 5.74) is 6.09. The molecule has 1 unspecified atom stereocenters. The zero-order valence-corrected chi connectivity index (χ0v) is 10.9. The van der Waals surface area contributed by atoms with Crippen LogP contribution in [0.25, 0.3) is 0 Å². The van der Waals surface area contributed by atoms with Gasteiger partial charge in [0.1, 0.15) is 0 Å². The molecular weight excluding hydrogens is 184 g/mol. The van der Waals surface area contributed by atoms with Crippen molar-refractivity contribution in [2.45, 2.75) is 52.0 Å². The van der Waals surface area contributed by atoms with Gasteiger partial charge in [0.2, 0.25) is 0 Å². The zero-order valence-electron chi connectivity index (χ0n) is 10.9. The van der Waals surface area contributed by atoms with E-state index in [1.165, 1.54) is 25.7 Å². The third-order valence-corrected chi connectivity index (χ3v) is 3.99. The number of rotatable bonds is 5. The number of nitrogens with two attached hydrogens (primary N) is 1. The number of nitrogens with zero attached hydrogens (tertiary/aromatic N) is 1. The maximum atomic E-state index is 5.73. The molecule has 1 fully saturated rings. The van der Waals surface area contributed by atoms with Crippen molar-refractivity contribution in [1.29, 1.82) is 0 Å². The van der Waals surface area contributed by atoms with Crippen molar-refractivity contribution in [2.75, 3.05) is 20.6 Å². The van der Waals surface area contributed by atoms with Gasteiger partial charge in [-0.3, -0.25) is 0 Å². The molecule has 1 saturated carbocycles. The second-order valence-electron chi connectivity index (χ2n) is 5.98. The molecular formula is C13H28N2. The van der Waals surface area contributed by atoms with E-state index in [0.29, 0.717) is 11.5 Å². The van der Waals surface area contributed by atoms with E-state index in [1.807, 2.05) is 0 Å². The van der Waals surface area contributed by atoms with Gasteiger partial charge in [0, 0.05) is 6.04 Å². The minimum atomic E-state index is 0.354. The van der Waals surface area contributed by atoms with Crippen LogP contribution in [0.4, 0.5) is 0 Å². The summed E-state index contributed by atoms with van der Waals surface area (Å²) in [4.78, 5) is 2.42. The zero-order chi connectivity index (χ0) is 11.5. The minimum absolute atomic E-state index is 0.354. The molecule has 0 aliphatic heterocycles. The van der Waals surface area contributed by atoms with Crippen molar-refractivity contribution in [3.63, 3.8) is 0 Å². The Morgan fingerprint density at radius 1 is 1.27 bits per heavy atom. The summed E-state index contributed by atoms with van der Waals surface area (Å²) >= 11 is 0. The van der Waals surface area contributed by atoms with Crippen molar-refractivity contribution in [3.8, 4) is 0 Å². The second-order valence-corrected chi connectivity index (χ2v) is 5.98.